The van der Waals surface area contributed by atoms with Gasteiger partial charge in [0.25, 0.3) is 0 Å². The van der Waals surface area contributed by atoms with Gasteiger partial charge in [0.15, 0.2) is 11.9 Å². The average molecular weight is 283 g/mol. The predicted molar refractivity (Wildman–Crippen MR) is 68.2 cm³/mol. The minimum absolute atomic E-state index is 0. The number of hydrogen-bond acceptors (Lipinski definition) is 4. The van der Waals surface area contributed by atoms with E-state index in [4.69, 9.17) is 5.73 Å². The van der Waals surface area contributed by atoms with Crippen molar-refractivity contribution in [3.63, 3.8) is 0 Å². The molecule has 1 rings (SSSR count). The largest absolute Gasteiger partial charge is 0.619 e. The number of hydrogen-bond donors (Lipinski definition) is 1. The first-order valence-corrected chi connectivity index (χ1v) is 4.52. The van der Waals surface area contributed by atoms with Crippen LogP contribution in [0.1, 0.15) is 12.6 Å². The minimum atomic E-state index is -1.18. The van der Waals surface area contributed by atoms with Crippen molar-refractivity contribution < 1.29 is 14.3 Å². The summed E-state index contributed by atoms with van der Waals surface area (Å²) in [7, 11) is 1.27. The number of methoxy groups -OCH3 is 1. The molecule has 5 nitrogen and oxygen atoms in total. The third kappa shape index (κ3) is 4.77. The lowest BCUT2D eigenvalue weighted by atomic mass is 9.97. The fraction of sp³-hybridized carbons (Fsp3) is 0.400. The van der Waals surface area contributed by atoms with E-state index in [1.807, 2.05) is 0 Å². The Balaban J connectivity index is 0. The number of aromatic nitrogens is 1. The van der Waals surface area contributed by atoms with Crippen LogP contribution in [0, 0.1) is 5.21 Å². The summed E-state index contributed by atoms with van der Waals surface area (Å²) in [5.41, 5.74) is 5.00. The van der Waals surface area contributed by atoms with Gasteiger partial charge in [-0.2, -0.15) is 4.73 Å². The van der Waals surface area contributed by atoms with Crippen LogP contribution in [0.2, 0.25) is 0 Å². The first-order valence-electron chi connectivity index (χ1n) is 4.52. The van der Waals surface area contributed by atoms with Crippen molar-refractivity contribution in [2.24, 2.45) is 5.73 Å². The summed E-state index contributed by atoms with van der Waals surface area (Å²) in [5.74, 6) is -0.536. The maximum Gasteiger partial charge on any atom is 0.326 e. The second-order valence-corrected chi connectivity index (χ2v) is 3.60. The summed E-state index contributed by atoms with van der Waals surface area (Å²) in [5, 5.41) is 11.3. The molecule has 2 N–H and O–H groups in total. The third-order valence-electron chi connectivity index (χ3n) is 2.10. The normalized spacial score (nSPS) is 12.6. The fourth-order valence-corrected chi connectivity index (χ4v) is 1.28. The van der Waals surface area contributed by atoms with Gasteiger partial charge in [-0.3, -0.25) is 4.79 Å². The molecule has 1 heterocycles. The van der Waals surface area contributed by atoms with Gasteiger partial charge in [-0.1, -0.05) is 6.07 Å². The van der Waals surface area contributed by atoms with E-state index in [1.54, 1.807) is 18.2 Å². The summed E-state index contributed by atoms with van der Waals surface area (Å²) in [4.78, 5) is 11.3. The molecule has 0 spiro atoms. The minimum Gasteiger partial charge on any atom is -0.619 e. The van der Waals surface area contributed by atoms with Crippen LogP contribution in [0.15, 0.2) is 24.4 Å². The summed E-state index contributed by atoms with van der Waals surface area (Å²) in [6.45, 7) is 1.53. The van der Waals surface area contributed by atoms with Crippen molar-refractivity contribution in [2.45, 2.75) is 18.9 Å². The Labute approximate surface area is 112 Å². The van der Waals surface area contributed by atoms with Crippen molar-refractivity contribution in [1.29, 1.82) is 0 Å². The van der Waals surface area contributed by atoms with Crippen LogP contribution in [-0.2, 0) is 16.0 Å². The highest BCUT2D eigenvalue weighted by Crippen LogP contribution is 2.08. The van der Waals surface area contributed by atoms with Crippen LogP contribution in [0.5, 0.6) is 0 Å². The van der Waals surface area contributed by atoms with Crippen LogP contribution in [-0.4, -0.2) is 18.6 Å². The van der Waals surface area contributed by atoms with Crippen molar-refractivity contribution in [3.8, 4) is 0 Å². The number of esters is 1. The molecular weight excluding hydrogens is 267 g/mol. The predicted octanol–water partition coefficient (Wildman–Crippen LogP) is 0.596. The van der Waals surface area contributed by atoms with E-state index >= 15 is 0 Å². The highest BCUT2D eigenvalue weighted by atomic mass is 35.5. The summed E-state index contributed by atoms with van der Waals surface area (Å²) < 4.78 is 5.24. The molecule has 0 radical (unpaired) electrons. The van der Waals surface area contributed by atoms with E-state index in [1.165, 1.54) is 20.2 Å². The molecule has 1 aromatic heterocycles. The molecule has 7 heteroatoms. The molecule has 1 unspecified atom stereocenters. The zero-order valence-corrected chi connectivity index (χ0v) is 11.2. The van der Waals surface area contributed by atoms with Gasteiger partial charge in [-0.25, -0.2) is 0 Å². The monoisotopic (exact) mass is 282 g/mol. The van der Waals surface area contributed by atoms with Gasteiger partial charge < -0.3 is 15.7 Å². The third-order valence-corrected chi connectivity index (χ3v) is 2.10. The SMILES string of the molecule is COC(=O)C(C)(N)Cc1cccc[n+]1[O-].Cl.Cl. The van der Waals surface area contributed by atoms with Gasteiger partial charge in [-0.05, 0) is 6.92 Å². The molecule has 0 saturated heterocycles. The maximum absolute atomic E-state index is 11.3. The maximum atomic E-state index is 11.3. The van der Waals surface area contributed by atoms with Gasteiger partial charge >= 0.3 is 5.97 Å². The highest BCUT2D eigenvalue weighted by molar-refractivity contribution is 5.85. The standard InChI is InChI=1S/C10H14N2O3.2ClH/c1-10(11,9(13)15-2)7-8-5-3-4-6-12(8)14;;/h3-6H,7,11H2,1-2H3;2*1H. The first kappa shape index (κ1) is 18.3. The molecule has 0 bridgehead atoms. The molecule has 1 atom stereocenters. The zero-order chi connectivity index (χ0) is 11.5. The quantitative estimate of drug-likeness (QED) is 0.500. The summed E-state index contributed by atoms with van der Waals surface area (Å²) in [6, 6.07) is 4.96. The van der Waals surface area contributed by atoms with Crippen LogP contribution in [0.4, 0.5) is 0 Å². The number of ether oxygens (including phenoxy) is 1. The lowest BCUT2D eigenvalue weighted by Gasteiger charge is -2.20. The van der Waals surface area contributed by atoms with Crippen LogP contribution >= 0.6 is 24.8 Å². The van der Waals surface area contributed by atoms with E-state index in [2.05, 4.69) is 4.74 Å². The second kappa shape index (κ2) is 7.32. The summed E-state index contributed by atoms with van der Waals surface area (Å²) >= 11 is 0. The molecule has 0 aliphatic rings. The van der Waals surface area contributed by atoms with Crippen molar-refractivity contribution >= 4 is 30.8 Å². The van der Waals surface area contributed by atoms with Gasteiger partial charge in [0.2, 0.25) is 0 Å². The molecule has 0 aromatic carbocycles. The number of pyridine rings is 1. The number of carbonyl (C=O) groups excluding carboxylic acids is 1. The Hall–Kier alpha value is -1.04. The first-order chi connectivity index (χ1) is 6.97. The van der Waals surface area contributed by atoms with E-state index in [9.17, 15) is 10.0 Å². The molecule has 0 aliphatic carbocycles. The molecule has 98 valence electrons. The smallest absolute Gasteiger partial charge is 0.326 e. The van der Waals surface area contributed by atoms with Crippen LogP contribution in [0.25, 0.3) is 0 Å². The molecule has 0 fully saturated rings. The van der Waals surface area contributed by atoms with Crippen molar-refractivity contribution in [2.75, 3.05) is 7.11 Å². The molecule has 1 aromatic rings. The van der Waals surface area contributed by atoms with Crippen LogP contribution < -0.4 is 10.5 Å². The van der Waals surface area contributed by atoms with Crippen molar-refractivity contribution in [1.82, 2.24) is 0 Å². The van der Waals surface area contributed by atoms with Gasteiger partial charge in [0.1, 0.15) is 5.54 Å². The second-order valence-electron chi connectivity index (χ2n) is 3.60. The lowest BCUT2D eigenvalue weighted by Crippen LogP contribution is -2.50. The molecule has 0 aliphatic heterocycles. The molecular formula is C10H16Cl2N2O3. The van der Waals surface area contributed by atoms with Crippen LogP contribution in [0.3, 0.4) is 0 Å². The Morgan fingerprint density at radius 1 is 1.53 bits per heavy atom. The van der Waals surface area contributed by atoms with Gasteiger partial charge in [0, 0.05) is 12.1 Å². The fourth-order valence-electron chi connectivity index (χ4n) is 1.28. The Morgan fingerprint density at radius 3 is 2.59 bits per heavy atom. The number of halogens is 2. The number of rotatable bonds is 3. The lowest BCUT2D eigenvalue weighted by molar-refractivity contribution is -0.614. The van der Waals surface area contributed by atoms with E-state index in [-0.39, 0.29) is 31.2 Å². The van der Waals surface area contributed by atoms with Gasteiger partial charge in [-0.15, -0.1) is 24.8 Å². The summed E-state index contributed by atoms with van der Waals surface area (Å²) in [6.07, 6.45) is 1.51. The van der Waals surface area contributed by atoms with Gasteiger partial charge in [0.05, 0.1) is 13.5 Å². The highest BCUT2D eigenvalue weighted by Gasteiger charge is 2.32. The van der Waals surface area contributed by atoms with E-state index in [0.717, 1.165) is 0 Å². The zero-order valence-electron chi connectivity index (χ0n) is 9.58. The number of nitrogens with two attached hydrogens (primary N) is 1. The molecule has 17 heavy (non-hydrogen) atoms. The van der Waals surface area contributed by atoms with E-state index in [0.29, 0.717) is 10.4 Å². The number of nitrogens with zero attached hydrogens (tertiary/aromatic N) is 1. The Bertz CT molecular complexity index is 372. The average Bonchev–Trinajstić information content (AvgIpc) is 2.20. The Morgan fingerprint density at radius 2 is 2.12 bits per heavy atom. The Kier molecular flexibility index (Phi) is 7.89. The van der Waals surface area contributed by atoms with E-state index < -0.39 is 11.5 Å². The topological polar surface area (TPSA) is 79.3 Å². The molecule has 0 amide bonds. The van der Waals surface area contributed by atoms with Crippen molar-refractivity contribution in [3.05, 3.63) is 35.3 Å². The number of carbonyl (C=O) groups is 1. The molecule has 0 saturated carbocycles.